The van der Waals surface area contributed by atoms with Gasteiger partial charge in [0.05, 0.1) is 5.56 Å². The highest BCUT2D eigenvalue weighted by Gasteiger charge is 2.36. The van der Waals surface area contributed by atoms with Crippen LogP contribution in [0.2, 0.25) is 0 Å². The first-order valence-corrected chi connectivity index (χ1v) is 12.1. The van der Waals surface area contributed by atoms with Crippen LogP contribution in [-0.4, -0.2) is 8.07 Å². The summed E-state index contributed by atoms with van der Waals surface area (Å²) in [6.45, 7) is 0. The third-order valence-corrected chi connectivity index (χ3v) is 9.85. The molecule has 4 rings (SSSR count). The fourth-order valence-corrected chi connectivity index (χ4v) is 8.07. The Hall–Kier alpha value is -3.37. The van der Waals surface area contributed by atoms with Gasteiger partial charge in [0.25, 0.3) is 0 Å². The van der Waals surface area contributed by atoms with Crippen LogP contribution in [0.15, 0.2) is 121 Å². The van der Waals surface area contributed by atoms with Crippen LogP contribution in [0, 0.1) is 0 Å². The predicted molar refractivity (Wildman–Crippen MR) is 124 cm³/mol. The second-order valence-electron chi connectivity index (χ2n) is 7.36. The van der Waals surface area contributed by atoms with Crippen LogP contribution < -0.4 is 15.6 Å². The van der Waals surface area contributed by atoms with E-state index in [0.717, 1.165) is 17.7 Å². The van der Waals surface area contributed by atoms with Crippen LogP contribution in [-0.2, 0) is 6.18 Å². The summed E-state index contributed by atoms with van der Waals surface area (Å²) in [5.41, 5.74) is 2.32. The van der Waals surface area contributed by atoms with E-state index in [4.69, 9.17) is 0 Å². The first-order valence-electron chi connectivity index (χ1n) is 10.0. The zero-order valence-corrected chi connectivity index (χ0v) is 17.8. The smallest absolute Gasteiger partial charge is 0.166 e. The molecule has 0 heterocycles. The van der Waals surface area contributed by atoms with Crippen molar-refractivity contribution >= 4 is 29.7 Å². The van der Waals surface area contributed by atoms with Gasteiger partial charge in [0.1, 0.15) is 0 Å². The summed E-state index contributed by atoms with van der Waals surface area (Å²) in [6, 6.07) is 36.4. The molecule has 4 heteroatoms. The van der Waals surface area contributed by atoms with Crippen molar-refractivity contribution in [2.24, 2.45) is 0 Å². The molecular formula is C27H21F3Si. The van der Waals surface area contributed by atoms with E-state index in [1.807, 2.05) is 60.7 Å². The quantitative estimate of drug-likeness (QED) is 0.293. The first kappa shape index (κ1) is 20.9. The standard InChI is InChI=1S/C27H21F3Si/c28-27(29,30)23-18-16-22(17-19-23)20-21-31(24-10-4-1-5-11-24,25-12-6-2-7-13-25)26-14-8-3-9-15-26/h1-21H/b21-20+. The summed E-state index contributed by atoms with van der Waals surface area (Å²) in [5.74, 6) is 0. The fraction of sp³-hybridized carbons (Fsp3) is 0.0370. The van der Waals surface area contributed by atoms with Gasteiger partial charge in [-0.3, -0.25) is 0 Å². The minimum atomic E-state index is -4.33. The van der Waals surface area contributed by atoms with Crippen molar-refractivity contribution < 1.29 is 13.2 Å². The first-order chi connectivity index (χ1) is 15.0. The van der Waals surface area contributed by atoms with Gasteiger partial charge in [-0.2, -0.15) is 13.2 Å². The molecule has 0 aliphatic rings. The molecule has 0 fully saturated rings. The van der Waals surface area contributed by atoms with Crippen molar-refractivity contribution in [1.29, 1.82) is 0 Å². The van der Waals surface area contributed by atoms with Crippen LogP contribution >= 0.6 is 0 Å². The van der Waals surface area contributed by atoms with E-state index in [1.54, 1.807) is 0 Å². The minimum Gasteiger partial charge on any atom is -0.166 e. The van der Waals surface area contributed by atoms with Crippen molar-refractivity contribution in [3.63, 3.8) is 0 Å². The molecule has 0 atom stereocenters. The summed E-state index contributed by atoms with van der Waals surface area (Å²) in [7, 11) is -2.56. The molecule has 0 amide bonds. The van der Waals surface area contributed by atoms with Crippen LogP contribution in [0.3, 0.4) is 0 Å². The summed E-state index contributed by atoms with van der Waals surface area (Å²) in [4.78, 5) is 0. The molecular weight excluding hydrogens is 409 g/mol. The number of benzene rings is 4. The third-order valence-electron chi connectivity index (χ3n) is 5.45. The molecule has 0 unspecified atom stereocenters. The molecule has 31 heavy (non-hydrogen) atoms. The number of rotatable bonds is 5. The van der Waals surface area contributed by atoms with Crippen LogP contribution in [0.25, 0.3) is 6.08 Å². The van der Waals surface area contributed by atoms with E-state index in [2.05, 4.69) is 42.1 Å². The van der Waals surface area contributed by atoms with E-state index in [1.165, 1.54) is 27.7 Å². The van der Waals surface area contributed by atoms with Crippen molar-refractivity contribution in [2.75, 3.05) is 0 Å². The highest BCUT2D eigenvalue weighted by atomic mass is 28.3. The Bertz CT molecular complexity index is 1040. The molecule has 0 aliphatic heterocycles. The maximum absolute atomic E-state index is 12.9. The summed E-state index contributed by atoms with van der Waals surface area (Å²) in [5, 5.41) is 3.65. The zero-order valence-electron chi connectivity index (χ0n) is 16.8. The molecule has 0 nitrogen and oxygen atoms in total. The van der Waals surface area contributed by atoms with Crippen molar-refractivity contribution in [2.45, 2.75) is 6.18 Å². The molecule has 0 radical (unpaired) electrons. The number of halogens is 3. The van der Waals surface area contributed by atoms with Gasteiger partial charge < -0.3 is 0 Å². The molecule has 4 aromatic rings. The average molecular weight is 431 g/mol. The van der Waals surface area contributed by atoms with Gasteiger partial charge in [0.15, 0.2) is 8.07 Å². The zero-order chi connectivity index (χ0) is 21.7. The van der Waals surface area contributed by atoms with Crippen LogP contribution in [0.1, 0.15) is 11.1 Å². The van der Waals surface area contributed by atoms with Crippen molar-refractivity contribution in [3.8, 4) is 0 Å². The maximum atomic E-state index is 12.9. The Labute approximate surface area is 181 Å². The topological polar surface area (TPSA) is 0 Å². The Balaban J connectivity index is 1.89. The fourth-order valence-electron chi connectivity index (χ4n) is 3.90. The second-order valence-corrected chi connectivity index (χ2v) is 11.0. The Morgan fingerprint density at radius 3 is 1.26 bits per heavy atom. The Morgan fingerprint density at radius 1 is 0.516 bits per heavy atom. The van der Waals surface area contributed by atoms with Gasteiger partial charge >= 0.3 is 6.18 Å². The molecule has 0 spiro atoms. The third kappa shape index (κ3) is 4.39. The minimum absolute atomic E-state index is 0.637. The number of hydrogen-bond donors (Lipinski definition) is 0. The lowest BCUT2D eigenvalue weighted by atomic mass is 10.1. The van der Waals surface area contributed by atoms with Gasteiger partial charge in [-0.1, -0.05) is 115 Å². The molecule has 0 aliphatic carbocycles. The van der Waals surface area contributed by atoms with E-state index in [0.29, 0.717) is 0 Å². The molecule has 154 valence electrons. The molecule has 0 bridgehead atoms. The second kappa shape index (κ2) is 8.78. The van der Waals surface area contributed by atoms with E-state index < -0.39 is 19.8 Å². The molecule has 4 aromatic carbocycles. The number of alkyl halides is 3. The van der Waals surface area contributed by atoms with Crippen molar-refractivity contribution in [3.05, 3.63) is 132 Å². The van der Waals surface area contributed by atoms with Crippen LogP contribution in [0.4, 0.5) is 13.2 Å². The van der Waals surface area contributed by atoms with E-state index >= 15 is 0 Å². The summed E-state index contributed by atoms with van der Waals surface area (Å²) < 4.78 is 38.8. The monoisotopic (exact) mass is 430 g/mol. The van der Waals surface area contributed by atoms with Gasteiger partial charge in [-0.25, -0.2) is 0 Å². The predicted octanol–water partition coefficient (Wildman–Crippen LogP) is 5.43. The van der Waals surface area contributed by atoms with E-state index in [9.17, 15) is 13.2 Å². The lowest BCUT2D eigenvalue weighted by molar-refractivity contribution is -0.137. The van der Waals surface area contributed by atoms with Crippen molar-refractivity contribution in [1.82, 2.24) is 0 Å². The summed E-state index contributed by atoms with van der Waals surface area (Å²) in [6.07, 6.45) is -2.38. The SMILES string of the molecule is FC(F)(F)c1ccc(/C=C/[Si](c2ccccc2)(c2ccccc2)c2ccccc2)cc1. The maximum Gasteiger partial charge on any atom is 0.416 e. The van der Waals surface area contributed by atoms with E-state index in [-0.39, 0.29) is 0 Å². The van der Waals surface area contributed by atoms with Crippen LogP contribution in [0.5, 0.6) is 0 Å². The van der Waals surface area contributed by atoms with Gasteiger partial charge in [0.2, 0.25) is 0 Å². The lowest BCUT2D eigenvalue weighted by Crippen LogP contribution is -2.66. The largest absolute Gasteiger partial charge is 0.416 e. The highest BCUT2D eigenvalue weighted by Crippen LogP contribution is 2.29. The molecule has 0 N–H and O–H groups in total. The molecule has 0 saturated heterocycles. The van der Waals surface area contributed by atoms with Gasteiger partial charge in [-0.15, -0.1) is 0 Å². The summed E-state index contributed by atoms with van der Waals surface area (Å²) >= 11 is 0. The normalized spacial score (nSPS) is 12.2. The average Bonchev–Trinajstić information content (AvgIpc) is 2.81. The van der Waals surface area contributed by atoms with Gasteiger partial charge in [0, 0.05) is 0 Å². The molecule has 0 aromatic heterocycles. The highest BCUT2D eigenvalue weighted by molar-refractivity contribution is 7.15. The Kier molecular flexibility index (Phi) is 5.91. The lowest BCUT2D eigenvalue weighted by Gasteiger charge is -2.30. The Morgan fingerprint density at radius 2 is 0.903 bits per heavy atom. The van der Waals surface area contributed by atoms with Gasteiger partial charge in [-0.05, 0) is 33.3 Å². The molecule has 0 saturated carbocycles. The number of hydrogen-bond acceptors (Lipinski definition) is 0.